The number of halogens is 2. The normalized spacial score (nSPS) is 16.4. The molecule has 1 aromatic rings. The van der Waals surface area contributed by atoms with Gasteiger partial charge in [0.2, 0.25) is 0 Å². The van der Waals surface area contributed by atoms with Crippen molar-refractivity contribution < 1.29 is 9.13 Å². The molecule has 1 saturated heterocycles. The molecule has 0 saturated carbocycles. The smallest absolute Gasteiger partial charge is 0.133 e. The van der Waals surface area contributed by atoms with E-state index in [2.05, 4.69) is 5.32 Å². The predicted octanol–water partition coefficient (Wildman–Crippen LogP) is 3.10. The van der Waals surface area contributed by atoms with Crippen LogP contribution in [0.25, 0.3) is 0 Å². The molecule has 0 amide bonds. The summed E-state index contributed by atoms with van der Waals surface area (Å²) in [7, 11) is 0. The van der Waals surface area contributed by atoms with Crippen molar-refractivity contribution in [2.24, 2.45) is 0 Å². The zero-order valence-electron chi connectivity index (χ0n) is 9.74. The van der Waals surface area contributed by atoms with Gasteiger partial charge in [0.15, 0.2) is 0 Å². The Hall–Kier alpha value is -0.450. The largest absolute Gasteiger partial charge is 0.489 e. The van der Waals surface area contributed by atoms with Gasteiger partial charge in [0, 0.05) is 0 Å². The minimum Gasteiger partial charge on any atom is -0.489 e. The first-order valence-corrected chi connectivity index (χ1v) is 6.73. The molecule has 0 bridgehead atoms. The fraction of sp³-hybridized carbons (Fsp3) is 0.500. The lowest BCUT2D eigenvalue weighted by atomic mass is 10.1. The van der Waals surface area contributed by atoms with Crippen molar-refractivity contribution in [2.75, 3.05) is 19.3 Å². The summed E-state index contributed by atoms with van der Waals surface area (Å²) in [4.78, 5) is 0.874. The van der Waals surface area contributed by atoms with E-state index in [-0.39, 0.29) is 24.3 Å². The van der Waals surface area contributed by atoms with Gasteiger partial charge in [-0.05, 0) is 50.4 Å². The molecule has 0 unspecified atom stereocenters. The van der Waals surface area contributed by atoms with E-state index in [1.807, 2.05) is 6.26 Å². The number of ether oxygens (including phenoxy) is 1. The number of piperidine rings is 1. The van der Waals surface area contributed by atoms with Crippen molar-refractivity contribution in [1.29, 1.82) is 0 Å². The molecule has 1 N–H and O–H groups in total. The van der Waals surface area contributed by atoms with Gasteiger partial charge in [0.05, 0.1) is 4.90 Å². The maximum atomic E-state index is 13.0. The van der Waals surface area contributed by atoms with Crippen LogP contribution in [0.4, 0.5) is 4.39 Å². The quantitative estimate of drug-likeness (QED) is 0.858. The van der Waals surface area contributed by atoms with Gasteiger partial charge in [-0.1, -0.05) is 0 Å². The van der Waals surface area contributed by atoms with Gasteiger partial charge in [-0.2, -0.15) is 0 Å². The average Bonchev–Trinajstić information content (AvgIpc) is 2.33. The highest BCUT2D eigenvalue weighted by molar-refractivity contribution is 7.98. The van der Waals surface area contributed by atoms with Crippen LogP contribution in [0.2, 0.25) is 0 Å². The molecule has 0 radical (unpaired) electrons. The van der Waals surface area contributed by atoms with Crippen LogP contribution in [-0.2, 0) is 0 Å². The van der Waals surface area contributed by atoms with E-state index in [1.165, 1.54) is 23.9 Å². The van der Waals surface area contributed by atoms with Gasteiger partial charge in [0.1, 0.15) is 17.7 Å². The zero-order chi connectivity index (χ0) is 11.4. The molecule has 1 fully saturated rings. The Morgan fingerprint density at radius 2 is 2.06 bits per heavy atom. The van der Waals surface area contributed by atoms with Crippen LogP contribution in [0.3, 0.4) is 0 Å². The highest BCUT2D eigenvalue weighted by Gasteiger charge is 2.16. The molecular formula is C12H17ClFNOS. The highest BCUT2D eigenvalue weighted by atomic mass is 35.5. The third kappa shape index (κ3) is 4.05. The third-order valence-electron chi connectivity index (χ3n) is 2.71. The summed E-state index contributed by atoms with van der Waals surface area (Å²) in [6.07, 6.45) is 4.23. The average molecular weight is 278 g/mol. The summed E-state index contributed by atoms with van der Waals surface area (Å²) >= 11 is 1.52. The van der Waals surface area contributed by atoms with Crippen molar-refractivity contribution in [3.63, 3.8) is 0 Å². The summed E-state index contributed by atoms with van der Waals surface area (Å²) < 4.78 is 18.9. The number of thioether (sulfide) groups is 1. The Morgan fingerprint density at radius 3 is 2.71 bits per heavy atom. The van der Waals surface area contributed by atoms with E-state index >= 15 is 0 Å². The Bertz CT molecular complexity index is 358. The lowest BCUT2D eigenvalue weighted by Crippen LogP contribution is -2.34. The number of hydrogen-bond donors (Lipinski definition) is 1. The second-order valence-corrected chi connectivity index (χ2v) is 4.71. The molecule has 96 valence electrons. The van der Waals surface area contributed by atoms with Crippen LogP contribution >= 0.6 is 24.2 Å². The van der Waals surface area contributed by atoms with E-state index in [9.17, 15) is 4.39 Å². The lowest BCUT2D eigenvalue weighted by Gasteiger charge is -2.24. The second-order valence-electron chi connectivity index (χ2n) is 3.86. The van der Waals surface area contributed by atoms with Gasteiger partial charge < -0.3 is 10.1 Å². The highest BCUT2D eigenvalue weighted by Crippen LogP contribution is 2.30. The van der Waals surface area contributed by atoms with Crippen molar-refractivity contribution in [3.8, 4) is 5.75 Å². The van der Waals surface area contributed by atoms with Gasteiger partial charge in [-0.25, -0.2) is 4.39 Å². The Labute approximate surface area is 112 Å². The number of nitrogens with one attached hydrogen (secondary N) is 1. The fourth-order valence-electron chi connectivity index (χ4n) is 1.83. The third-order valence-corrected chi connectivity index (χ3v) is 3.46. The van der Waals surface area contributed by atoms with Crippen LogP contribution in [0, 0.1) is 5.82 Å². The summed E-state index contributed by atoms with van der Waals surface area (Å²) in [6.45, 7) is 2.00. The topological polar surface area (TPSA) is 21.3 Å². The van der Waals surface area contributed by atoms with Gasteiger partial charge in [-0.15, -0.1) is 24.2 Å². The number of benzene rings is 1. The monoisotopic (exact) mass is 277 g/mol. The van der Waals surface area contributed by atoms with E-state index in [0.717, 1.165) is 36.6 Å². The zero-order valence-corrected chi connectivity index (χ0v) is 11.4. The standard InChI is InChI=1S/C12H16FNOS.ClH/c1-16-12-8-9(13)2-3-11(12)15-10-4-6-14-7-5-10;/h2-3,8,10,14H,4-7H2,1H3;1H. The number of rotatable bonds is 3. The molecule has 1 aliphatic rings. The fourth-order valence-corrected chi connectivity index (χ4v) is 2.38. The second kappa shape index (κ2) is 7.09. The van der Waals surface area contributed by atoms with E-state index in [4.69, 9.17) is 4.74 Å². The molecule has 17 heavy (non-hydrogen) atoms. The van der Waals surface area contributed by atoms with Gasteiger partial charge in [-0.3, -0.25) is 0 Å². The van der Waals surface area contributed by atoms with Crippen LogP contribution < -0.4 is 10.1 Å². The summed E-state index contributed by atoms with van der Waals surface area (Å²) in [6, 6.07) is 4.71. The SMILES string of the molecule is CSc1cc(F)ccc1OC1CCNCC1.Cl. The molecule has 2 rings (SSSR count). The maximum absolute atomic E-state index is 13.0. The van der Waals surface area contributed by atoms with Crippen LogP contribution in [-0.4, -0.2) is 25.4 Å². The minimum absolute atomic E-state index is 0. The predicted molar refractivity (Wildman–Crippen MR) is 71.9 cm³/mol. The lowest BCUT2D eigenvalue weighted by molar-refractivity contribution is 0.158. The first kappa shape index (κ1) is 14.6. The van der Waals surface area contributed by atoms with Crippen molar-refractivity contribution in [1.82, 2.24) is 5.32 Å². The maximum Gasteiger partial charge on any atom is 0.133 e. The van der Waals surface area contributed by atoms with Crippen molar-refractivity contribution in [2.45, 2.75) is 23.8 Å². The first-order chi connectivity index (χ1) is 7.79. The number of hydrogen-bond acceptors (Lipinski definition) is 3. The summed E-state index contributed by atoms with van der Waals surface area (Å²) in [5, 5.41) is 3.29. The van der Waals surface area contributed by atoms with Crippen LogP contribution in [0.15, 0.2) is 23.1 Å². The minimum atomic E-state index is -0.206. The Morgan fingerprint density at radius 1 is 1.35 bits per heavy atom. The van der Waals surface area contributed by atoms with Gasteiger partial charge >= 0.3 is 0 Å². The van der Waals surface area contributed by atoms with Crippen molar-refractivity contribution >= 4 is 24.2 Å². The van der Waals surface area contributed by atoms with Crippen LogP contribution in [0.1, 0.15) is 12.8 Å². The van der Waals surface area contributed by atoms with E-state index in [1.54, 1.807) is 6.07 Å². The van der Waals surface area contributed by atoms with E-state index in [0.29, 0.717) is 0 Å². The summed E-state index contributed by atoms with van der Waals surface area (Å²) in [5.41, 5.74) is 0. The molecule has 1 aromatic carbocycles. The van der Waals surface area contributed by atoms with Gasteiger partial charge in [0.25, 0.3) is 0 Å². The van der Waals surface area contributed by atoms with Crippen molar-refractivity contribution in [3.05, 3.63) is 24.0 Å². The molecule has 1 aliphatic heterocycles. The molecule has 0 aromatic heterocycles. The molecular weight excluding hydrogens is 261 g/mol. The Kier molecular flexibility index (Phi) is 6.09. The van der Waals surface area contributed by atoms with E-state index < -0.39 is 0 Å². The molecule has 2 nitrogen and oxygen atoms in total. The Balaban J connectivity index is 0.00000144. The molecule has 1 heterocycles. The molecule has 5 heteroatoms. The first-order valence-electron chi connectivity index (χ1n) is 5.50. The molecule has 0 atom stereocenters. The molecule has 0 aliphatic carbocycles. The van der Waals surface area contributed by atoms with Crippen LogP contribution in [0.5, 0.6) is 5.75 Å². The summed E-state index contributed by atoms with van der Waals surface area (Å²) in [5.74, 6) is 0.600. The molecule has 0 spiro atoms.